The Kier molecular flexibility index (Phi) is 4.42. The van der Waals surface area contributed by atoms with Crippen molar-refractivity contribution in [3.8, 4) is 0 Å². The smallest absolute Gasteiger partial charge is 0.00846 e. The number of thiophene rings is 1. The highest BCUT2D eigenvalue weighted by atomic mass is 35.5. The van der Waals surface area contributed by atoms with Gasteiger partial charge < -0.3 is 5.73 Å². The van der Waals surface area contributed by atoms with Gasteiger partial charge in [-0.15, -0.1) is 23.7 Å². The molecule has 1 aromatic rings. The van der Waals surface area contributed by atoms with Crippen LogP contribution in [0.15, 0.2) is 17.5 Å². The highest BCUT2D eigenvalue weighted by molar-refractivity contribution is 7.10. The summed E-state index contributed by atoms with van der Waals surface area (Å²) in [5.74, 6) is 4.56. The van der Waals surface area contributed by atoms with Crippen LogP contribution in [0.5, 0.6) is 0 Å². The Morgan fingerprint density at radius 2 is 2.00 bits per heavy atom. The van der Waals surface area contributed by atoms with E-state index in [1.54, 1.807) is 4.88 Å². The van der Waals surface area contributed by atoms with Crippen molar-refractivity contribution in [2.75, 3.05) is 6.54 Å². The number of halogens is 1. The summed E-state index contributed by atoms with van der Waals surface area (Å²) in [5, 5.41) is 2.28. The van der Waals surface area contributed by atoms with E-state index in [1.165, 1.54) is 38.5 Å². The summed E-state index contributed by atoms with van der Waals surface area (Å²) < 4.78 is 0. The topological polar surface area (TPSA) is 26.0 Å². The van der Waals surface area contributed by atoms with Gasteiger partial charge in [0.1, 0.15) is 0 Å². The number of hydrogen-bond acceptors (Lipinski definition) is 2. The molecule has 0 saturated heterocycles. The molecule has 2 N–H and O–H groups in total. The van der Waals surface area contributed by atoms with Gasteiger partial charge in [0.05, 0.1) is 0 Å². The van der Waals surface area contributed by atoms with Gasteiger partial charge in [-0.05, 0) is 79.2 Å². The zero-order valence-corrected chi connectivity index (χ0v) is 14.6. The molecule has 0 amide bonds. The third-order valence-corrected chi connectivity index (χ3v) is 7.76. The van der Waals surface area contributed by atoms with Gasteiger partial charge >= 0.3 is 0 Å². The lowest BCUT2D eigenvalue weighted by Crippen LogP contribution is -2.55. The quantitative estimate of drug-likeness (QED) is 0.822. The van der Waals surface area contributed by atoms with Crippen LogP contribution in [0.25, 0.3) is 0 Å². The minimum Gasteiger partial charge on any atom is -0.330 e. The van der Waals surface area contributed by atoms with Crippen molar-refractivity contribution in [2.24, 2.45) is 34.8 Å². The monoisotopic (exact) mass is 325 g/mol. The Morgan fingerprint density at radius 3 is 2.52 bits per heavy atom. The third-order valence-electron chi connectivity index (χ3n) is 6.81. The Bertz CT molecular complexity index is 454. The maximum atomic E-state index is 6.22. The second-order valence-electron chi connectivity index (χ2n) is 7.67. The largest absolute Gasteiger partial charge is 0.330 e. The first-order valence-corrected chi connectivity index (χ1v) is 9.38. The minimum atomic E-state index is 0. The molecular weight excluding hydrogens is 298 g/mol. The lowest BCUT2D eigenvalue weighted by molar-refractivity contribution is -0.107. The highest BCUT2D eigenvalue weighted by Gasteiger charge is 2.59. The van der Waals surface area contributed by atoms with E-state index in [0.717, 1.165) is 36.1 Å². The molecule has 118 valence electrons. The first-order chi connectivity index (χ1) is 9.76. The van der Waals surface area contributed by atoms with Crippen LogP contribution in [0.3, 0.4) is 0 Å². The summed E-state index contributed by atoms with van der Waals surface area (Å²) in [6, 6.07) is 4.66. The van der Waals surface area contributed by atoms with E-state index < -0.39 is 0 Å². The van der Waals surface area contributed by atoms with E-state index in [0.29, 0.717) is 5.41 Å². The van der Waals surface area contributed by atoms with Crippen LogP contribution in [-0.4, -0.2) is 6.54 Å². The first-order valence-electron chi connectivity index (χ1n) is 8.50. The molecule has 5 rings (SSSR count). The van der Waals surface area contributed by atoms with Gasteiger partial charge in [-0.2, -0.15) is 0 Å². The predicted molar refractivity (Wildman–Crippen MR) is 93.1 cm³/mol. The molecule has 1 aromatic heterocycles. The molecule has 0 aliphatic heterocycles. The van der Waals surface area contributed by atoms with Crippen molar-refractivity contribution in [1.29, 1.82) is 0 Å². The Balaban J connectivity index is 0.00000132. The second-order valence-corrected chi connectivity index (χ2v) is 8.65. The van der Waals surface area contributed by atoms with Gasteiger partial charge in [0.15, 0.2) is 0 Å². The molecule has 4 unspecified atom stereocenters. The molecular formula is C18H28ClNS. The van der Waals surface area contributed by atoms with Gasteiger partial charge in [0.2, 0.25) is 0 Å². The van der Waals surface area contributed by atoms with E-state index >= 15 is 0 Å². The molecule has 0 aromatic carbocycles. The summed E-state index contributed by atoms with van der Waals surface area (Å²) in [6.07, 6.45) is 8.74. The average Bonchev–Trinajstić information content (AvgIpc) is 2.92. The molecule has 4 atom stereocenters. The molecule has 0 spiro atoms. The van der Waals surface area contributed by atoms with Gasteiger partial charge in [0.25, 0.3) is 0 Å². The Hall–Kier alpha value is -0.0500. The summed E-state index contributed by atoms with van der Waals surface area (Å²) >= 11 is 2.00. The number of hydrogen-bond donors (Lipinski definition) is 1. The summed E-state index contributed by atoms with van der Waals surface area (Å²) in [5.41, 5.74) is 6.77. The SMILES string of the molecule is CCC(CN)C12CC3CC(CC(C3)C1c1cccs1)C2.Cl. The van der Waals surface area contributed by atoms with Crippen LogP contribution in [0, 0.1) is 29.1 Å². The zero-order valence-electron chi connectivity index (χ0n) is 13.0. The van der Waals surface area contributed by atoms with Gasteiger partial charge in [-0.3, -0.25) is 0 Å². The molecule has 1 heterocycles. The van der Waals surface area contributed by atoms with Crippen LogP contribution in [0.2, 0.25) is 0 Å². The molecule has 4 bridgehead atoms. The Labute approximate surface area is 139 Å². The van der Waals surface area contributed by atoms with E-state index in [2.05, 4.69) is 24.4 Å². The predicted octanol–water partition coefficient (Wildman–Crippen LogP) is 5.06. The fraction of sp³-hybridized carbons (Fsp3) is 0.778. The van der Waals surface area contributed by atoms with Crippen LogP contribution >= 0.6 is 23.7 Å². The molecule has 0 radical (unpaired) electrons. The molecule has 4 aliphatic carbocycles. The normalized spacial score (nSPS) is 41.8. The summed E-state index contributed by atoms with van der Waals surface area (Å²) in [6.45, 7) is 3.26. The Morgan fingerprint density at radius 1 is 1.29 bits per heavy atom. The van der Waals surface area contributed by atoms with Crippen molar-refractivity contribution in [1.82, 2.24) is 0 Å². The summed E-state index contributed by atoms with van der Waals surface area (Å²) in [7, 11) is 0. The molecule has 4 aliphatic rings. The van der Waals surface area contributed by atoms with E-state index in [4.69, 9.17) is 5.73 Å². The van der Waals surface area contributed by atoms with Crippen LogP contribution in [-0.2, 0) is 0 Å². The van der Waals surface area contributed by atoms with Gasteiger partial charge in [-0.1, -0.05) is 19.4 Å². The van der Waals surface area contributed by atoms with Crippen LogP contribution in [0.4, 0.5) is 0 Å². The molecule has 1 nitrogen and oxygen atoms in total. The van der Waals surface area contributed by atoms with Crippen LogP contribution < -0.4 is 5.73 Å². The van der Waals surface area contributed by atoms with Crippen molar-refractivity contribution in [3.63, 3.8) is 0 Å². The van der Waals surface area contributed by atoms with Crippen molar-refractivity contribution in [2.45, 2.75) is 51.4 Å². The molecule has 4 fully saturated rings. The standard InChI is InChI=1S/C18H27NS.ClH/c1-2-15(11-19)18-9-12-6-13(10-18)8-14(7-12)17(18)16-4-3-5-20-16;/h3-5,12-15,17H,2,6-11,19H2,1H3;1H. The van der Waals surface area contributed by atoms with E-state index in [-0.39, 0.29) is 12.4 Å². The second kappa shape index (κ2) is 5.86. The molecule has 4 saturated carbocycles. The maximum Gasteiger partial charge on any atom is 0.00846 e. The lowest BCUT2D eigenvalue weighted by Gasteiger charge is -2.63. The first kappa shape index (κ1) is 15.8. The van der Waals surface area contributed by atoms with Gasteiger partial charge in [-0.25, -0.2) is 0 Å². The van der Waals surface area contributed by atoms with Crippen molar-refractivity contribution < 1.29 is 0 Å². The fourth-order valence-corrected chi connectivity index (χ4v) is 7.53. The lowest BCUT2D eigenvalue weighted by atomic mass is 9.41. The minimum absolute atomic E-state index is 0. The highest BCUT2D eigenvalue weighted by Crippen LogP contribution is 2.69. The molecule has 3 heteroatoms. The van der Waals surface area contributed by atoms with Crippen molar-refractivity contribution in [3.05, 3.63) is 22.4 Å². The third kappa shape index (κ3) is 2.29. The number of nitrogens with two attached hydrogens (primary N) is 1. The molecule has 21 heavy (non-hydrogen) atoms. The number of rotatable bonds is 4. The van der Waals surface area contributed by atoms with Crippen molar-refractivity contribution >= 4 is 23.7 Å². The van der Waals surface area contributed by atoms with E-state index in [1.807, 2.05) is 11.3 Å². The fourth-order valence-electron chi connectivity index (χ4n) is 6.48. The van der Waals surface area contributed by atoms with Gasteiger partial charge in [0, 0.05) is 10.8 Å². The summed E-state index contributed by atoms with van der Waals surface area (Å²) in [4.78, 5) is 1.67. The maximum absolute atomic E-state index is 6.22. The van der Waals surface area contributed by atoms with E-state index in [9.17, 15) is 0 Å². The zero-order chi connectivity index (χ0) is 13.7. The average molecular weight is 326 g/mol. The van der Waals surface area contributed by atoms with Crippen LogP contribution in [0.1, 0.15) is 56.2 Å².